The molecule has 0 amide bonds. The molecule has 0 aromatic rings. The maximum absolute atomic E-state index is 10.1. The van der Waals surface area contributed by atoms with Crippen LogP contribution in [0.4, 0.5) is 0 Å². The van der Waals surface area contributed by atoms with E-state index in [0.29, 0.717) is 6.04 Å². The van der Waals surface area contributed by atoms with Crippen LogP contribution >= 0.6 is 0 Å². The first kappa shape index (κ1) is 23.5. The van der Waals surface area contributed by atoms with Gasteiger partial charge in [0.1, 0.15) is 0 Å². The number of likely N-dealkylation sites (N-methyl/N-ethyl adjacent to an activating group) is 1. The van der Waals surface area contributed by atoms with Gasteiger partial charge in [0.05, 0.1) is 12.1 Å². The van der Waals surface area contributed by atoms with E-state index in [-0.39, 0.29) is 17.7 Å². The number of allylic oxidation sites excluding steroid dienone is 8. The lowest BCUT2D eigenvalue weighted by atomic mass is 9.74. The van der Waals surface area contributed by atoms with Crippen molar-refractivity contribution < 1.29 is 5.11 Å². The number of rotatable bonds is 3. The van der Waals surface area contributed by atoms with Crippen molar-refractivity contribution in [1.82, 2.24) is 11.1 Å². The van der Waals surface area contributed by atoms with Crippen LogP contribution in [0.3, 0.4) is 0 Å². The van der Waals surface area contributed by atoms with E-state index in [1.807, 2.05) is 13.8 Å². The minimum Gasteiger partial charge on any atom is -0.393 e. The van der Waals surface area contributed by atoms with Gasteiger partial charge in [0.15, 0.2) is 0 Å². The van der Waals surface area contributed by atoms with Crippen LogP contribution in [-0.2, 0) is 0 Å². The van der Waals surface area contributed by atoms with Gasteiger partial charge in [0, 0.05) is 17.7 Å². The van der Waals surface area contributed by atoms with E-state index in [9.17, 15) is 5.11 Å². The van der Waals surface area contributed by atoms with Crippen molar-refractivity contribution in [1.29, 1.82) is 0 Å². The lowest BCUT2D eigenvalue weighted by Gasteiger charge is -2.30. The Kier molecular flexibility index (Phi) is 9.28. The molecule has 3 unspecified atom stereocenters. The zero-order valence-corrected chi connectivity index (χ0v) is 18.0. The molecule has 3 nitrogen and oxygen atoms in total. The molecule has 0 aromatic carbocycles. The first-order valence-corrected chi connectivity index (χ1v) is 10.4. The number of aliphatic hydroxyl groups excluding tert-OH is 1. The second-order valence-corrected chi connectivity index (χ2v) is 7.41. The van der Waals surface area contributed by atoms with Crippen molar-refractivity contribution in [3.63, 3.8) is 0 Å². The Morgan fingerprint density at radius 1 is 1.22 bits per heavy atom. The summed E-state index contributed by atoms with van der Waals surface area (Å²) in [5, 5.41) is 10.1. The van der Waals surface area contributed by atoms with Gasteiger partial charge < -0.3 is 16.2 Å². The molecule has 0 spiro atoms. The van der Waals surface area contributed by atoms with E-state index in [0.717, 1.165) is 38.6 Å². The minimum atomic E-state index is -0.179. The summed E-state index contributed by atoms with van der Waals surface area (Å²) in [4.78, 5) is 2.57. The van der Waals surface area contributed by atoms with E-state index in [4.69, 9.17) is 0 Å². The molecule has 0 saturated carbocycles. The molecule has 1 aliphatic heterocycles. The molecule has 1 fully saturated rings. The smallest absolute Gasteiger partial charge is 0.0575 e. The predicted molar refractivity (Wildman–Crippen MR) is 118 cm³/mol. The van der Waals surface area contributed by atoms with Crippen molar-refractivity contribution in [2.45, 2.75) is 78.9 Å². The van der Waals surface area contributed by atoms with Gasteiger partial charge in [-0.3, -0.25) is 0 Å². The van der Waals surface area contributed by atoms with Gasteiger partial charge in [0.25, 0.3) is 0 Å². The van der Waals surface area contributed by atoms with Crippen LogP contribution in [0.1, 0.15) is 66.7 Å². The van der Waals surface area contributed by atoms with Gasteiger partial charge >= 0.3 is 0 Å². The second-order valence-electron chi connectivity index (χ2n) is 7.41. The highest BCUT2D eigenvalue weighted by atomic mass is 16.3. The highest BCUT2D eigenvalue weighted by Crippen LogP contribution is 2.53. The van der Waals surface area contributed by atoms with Crippen LogP contribution in [0.25, 0.3) is 0 Å². The maximum atomic E-state index is 10.1. The average molecular weight is 373 g/mol. The Bertz CT molecular complexity index is 626. The van der Waals surface area contributed by atoms with Gasteiger partial charge in [-0.2, -0.15) is 0 Å². The van der Waals surface area contributed by atoms with Crippen LogP contribution in [0.2, 0.25) is 0 Å². The van der Waals surface area contributed by atoms with Crippen LogP contribution in [0, 0.1) is 5.41 Å². The summed E-state index contributed by atoms with van der Waals surface area (Å²) in [6, 6.07) is 0.455. The summed E-state index contributed by atoms with van der Waals surface area (Å²) in [5.41, 5.74) is 4.45. The minimum absolute atomic E-state index is 0. The summed E-state index contributed by atoms with van der Waals surface area (Å²) >= 11 is 0. The molecular formula is C24H40N2O. The monoisotopic (exact) mass is 372 g/mol. The largest absolute Gasteiger partial charge is 0.393 e. The third-order valence-electron chi connectivity index (χ3n) is 5.88. The Labute approximate surface area is 166 Å². The summed E-state index contributed by atoms with van der Waals surface area (Å²) in [5.74, 6) is 0. The SMILES string of the molecule is C/C=C1\N(CC)C2CCC(O)CC=C2C1(C)CC1=CCC=CC=C1.CC.N. The lowest BCUT2D eigenvalue weighted by molar-refractivity contribution is 0.158. The fourth-order valence-electron chi connectivity index (χ4n) is 4.80. The van der Waals surface area contributed by atoms with E-state index in [2.05, 4.69) is 68.2 Å². The van der Waals surface area contributed by atoms with E-state index >= 15 is 0 Å². The van der Waals surface area contributed by atoms with Gasteiger partial charge in [0.2, 0.25) is 0 Å². The molecule has 27 heavy (non-hydrogen) atoms. The van der Waals surface area contributed by atoms with Crippen LogP contribution < -0.4 is 6.15 Å². The van der Waals surface area contributed by atoms with Gasteiger partial charge in [-0.1, -0.05) is 62.0 Å². The summed E-state index contributed by atoms with van der Waals surface area (Å²) in [7, 11) is 0. The van der Waals surface area contributed by atoms with Crippen LogP contribution in [-0.4, -0.2) is 28.7 Å². The normalized spacial score (nSPS) is 31.0. The van der Waals surface area contributed by atoms with Crippen molar-refractivity contribution in [2.24, 2.45) is 5.41 Å². The Morgan fingerprint density at radius 2 is 1.96 bits per heavy atom. The maximum Gasteiger partial charge on any atom is 0.0575 e. The molecule has 3 aliphatic rings. The number of aliphatic hydroxyl groups is 1. The fraction of sp³-hybridized carbons (Fsp3) is 0.583. The molecular weight excluding hydrogens is 332 g/mol. The van der Waals surface area contributed by atoms with Crippen molar-refractivity contribution in [3.8, 4) is 0 Å². The van der Waals surface area contributed by atoms with E-state index in [1.165, 1.54) is 16.8 Å². The molecule has 1 heterocycles. The van der Waals surface area contributed by atoms with Crippen molar-refractivity contribution in [3.05, 3.63) is 59.4 Å². The molecule has 0 aromatic heterocycles. The fourth-order valence-corrected chi connectivity index (χ4v) is 4.80. The highest BCUT2D eigenvalue weighted by Gasteiger charge is 2.48. The number of nitrogens with zero attached hydrogens (tertiary/aromatic N) is 1. The molecule has 1 saturated heterocycles. The third kappa shape index (κ3) is 4.83. The van der Waals surface area contributed by atoms with E-state index in [1.54, 1.807) is 0 Å². The van der Waals surface area contributed by atoms with E-state index < -0.39 is 0 Å². The molecule has 3 heteroatoms. The molecule has 0 radical (unpaired) electrons. The molecule has 152 valence electrons. The van der Waals surface area contributed by atoms with Gasteiger partial charge in [-0.15, -0.1) is 0 Å². The number of hydrogen-bond acceptors (Lipinski definition) is 3. The first-order chi connectivity index (χ1) is 12.6. The molecule has 3 rings (SSSR count). The van der Waals surface area contributed by atoms with Gasteiger partial charge in [-0.25, -0.2) is 0 Å². The summed E-state index contributed by atoms with van der Waals surface area (Å²) in [6.45, 7) is 11.9. The third-order valence-corrected chi connectivity index (χ3v) is 5.88. The number of likely N-dealkylation sites (tertiary alicyclic amines) is 1. The quantitative estimate of drug-likeness (QED) is 0.589. The molecule has 4 N–H and O–H groups in total. The van der Waals surface area contributed by atoms with Gasteiger partial charge in [-0.05, 0) is 58.4 Å². The van der Waals surface area contributed by atoms with Crippen LogP contribution in [0.5, 0.6) is 0 Å². The molecule has 3 atom stereocenters. The topological polar surface area (TPSA) is 58.5 Å². The lowest BCUT2D eigenvalue weighted by Crippen LogP contribution is -2.29. The van der Waals surface area contributed by atoms with Crippen LogP contribution in [0.15, 0.2) is 59.4 Å². The zero-order valence-electron chi connectivity index (χ0n) is 18.0. The number of fused-ring (bicyclic) bond motifs is 1. The standard InChI is InChI=1S/C22H31NO.C2H6.H3N/c1-4-21-22(3,16-17-10-8-6-7-9-11-17)19-14-12-18(24)13-15-20(19)23(21)5-2;1-2;/h4,6-8,10-11,14,18,20,24H,5,9,12-13,15-16H2,1-3H3;1-2H3;1H3/b21-4-;;. The highest BCUT2D eigenvalue weighted by molar-refractivity contribution is 5.43. The number of hydrogen-bond donors (Lipinski definition) is 2. The van der Waals surface area contributed by atoms with Crippen molar-refractivity contribution in [2.75, 3.05) is 6.54 Å². The predicted octanol–water partition coefficient (Wildman–Crippen LogP) is 6.09. The molecule has 0 bridgehead atoms. The first-order valence-electron chi connectivity index (χ1n) is 10.4. The molecule has 2 aliphatic carbocycles. The Morgan fingerprint density at radius 3 is 2.63 bits per heavy atom. The average Bonchev–Trinajstić information content (AvgIpc) is 2.90. The zero-order chi connectivity index (χ0) is 19.2. The van der Waals surface area contributed by atoms with Crippen molar-refractivity contribution >= 4 is 0 Å². The Balaban J connectivity index is 0.00000118. The Hall–Kier alpha value is -1.58. The second kappa shape index (κ2) is 10.7. The summed E-state index contributed by atoms with van der Waals surface area (Å²) in [6.07, 6.45) is 20.4. The summed E-state index contributed by atoms with van der Waals surface area (Å²) < 4.78 is 0.